The van der Waals surface area contributed by atoms with Crippen molar-refractivity contribution in [3.8, 4) is 0 Å². The summed E-state index contributed by atoms with van der Waals surface area (Å²) in [5, 5.41) is 2.12. The summed E-state index contributed by atoms with van der Waals surface area (Å²) >= 11 is 1.78. The summed E-state index contributed by atoms with van der Waals surface area (Å²) < 4.78 is 1.32. The van der Waals surface area contributed by atoms with Crippen LogP contribution in [0.3, 0.4) is 0 Å². The smallest absolute Gasteiger partial charge is 0.167 e. The first-order chi connectivity index (χ1) is 14.7. The first kappa shape index (κ1) is 19.0. The third kappa shape index (κ3) is 3.63. The monoisotopic (exact) mass is 412 g/mol. The second kappa shape index (κ2) is 8.04. The number of carbonyl (C=O) groups is 1. The molecule has 0 atom stereocenters. The lowest BCUT2D eigenvalue weighted by Gasteiger charge is -2.31. The molecule has 0 saturated carbocycles. The van der Waals surface area contributed by atoms with Crippen LogP contribution in [0.15, 0.2) is 66.2 Å². The fraction of sp³-hybridized carbons (Fsp3) is 0.231. The van der Waals surface area contributed by atoms with E-state index >= 15 is 0 Å². The number of pyridine rings is 1. The number of nitrogens with zero attached hydrogens (tertiary/aromatic N) is 2. The number of fused-ring (bicyclic) bond motifs is 3. The Morgan fingerprint density at radius 1 is 1.10 bits per heavy atom. The van der Waals surface area contributed by atoms with Crippen LogP contribution in [0.1, 0.15) is 39.5 Å². The number of hydrogen-bond acceptors (Lipinski definition) is 4. The average molecular weight is 413 g/mol. The summed E-state index contributed by atoms with van der Waals surface area (Å²) in [4.78, 5) is 19.9. The van der Waals surface area contributed by atoms with E-state index in [0.29, 0.717) is 6.42 Å². The zero-order valence-corrected chi connectivity index (χ0v) is 17.9. The molecule has 0 N–H and O–H groups in total. The molecule has 0 radical (unpaired) electrons. The highest BCUT2D eigenvalue weighted by Crippen LogP contribution is 2.31. The predicted molar refractivity (Wildman–Crippen MR) is 125 cm³/mol. The van der Waals surface area contributed by atoms with Crippen molar-refractivity contribution in [3.05, 3.63) is 94.0 Å². The third-order valence-corrected chi connectivity index (χ3v) is 6.92. The normalized spacial score (nSPS) is 13.4. The SMILES string of the molecule is CCc1cccc(CC(=O)c2cccc(N3CCc4c(cnc5ccsc45)C3)c2)c1. The maximum absolute atomic E-state index is 12.9. The van der Waals surface area contributed by atoms with Crippen molar-refractivity contribution < 1.29 is 4.79 Å². The standard InChI is InChI=1S/C26H24N2OS/c1-2-18-5-3-6-19(13-18)14-25(29)20-7-4-8-22(15-20)28-11-9-23-21(17-28)16-27-24-10-12-30-26(23)24/h3-8,10,12-13,15-16H,2,9,11,14,17H2,1H3. The van der Waals surface area contributed by atoms with Crippen molar-refractivity contribution in [1.82, 2.24) is 4.98 Å². The molecule has 0 unspecified atom stereocenters. The molecule has 0 bridgehead atoms. The fourth-order valence-electron chi connectivity index (χ4n) is 4.29. The summed E-state index contributed by atoms with van der Waals surface area (Å²) in [5.41, 5.74) is 8.09. The van der Waals surface area contributed by atoms with E-state index in [-0.39, 0.29) is 5.78 Å². The van der Waals surface area contributed by atoms with Gasteiger partial charge in [-0.2, -0.15) is 0 Å². The van der Waals surface area contributed by atoms with Gasteiger partial charge in [0.2, 0.25) is 0 Å². The summed E-state index contributed by atoms with van der Waals surface area (Å²) in [5.74, 6) is 0.171. The molecule has 1 aliphatic heterocycles. The summed E-state index contributed by atoms with van der Waals surface area (Å²) in [6, 6.07) is 18.5. The molecule has 5 rings (SSSR count). The zero-order valence-electron chi connectivity index (χ0n) is 17.1. The van der Waals surface area contributed by atoms with Crippen LogP contribution >= 0.6 is 11.3 Å². The van der Waals surface area contributed by atoms with E-state index in [0.717, 1.165) is 48.3 Å². The molecule has 2 aromatic heterocycles. The summed E-state index contributed by atoms with van der Waals surface area (Å²) in [6.45, 7) is 3.94. The number of ketones is 1. The maximum atomic E-state index is 12.9. The molecule has 0 saturated heterocycles. The van der Waals surface area contributed by atoms with E-state index in [9.17, 15) is 4.79 Å². The van der Waals surface area contributed by atoms with Crippen LogP contribution in [0.25, 0.3) is 10.2 Å². The van der Waals surface area contributed by atoms with Crippen molar-refractivity contribution in [2.75, 3.05) is 11.4 Å². The Bertz CT molecular complexity index is 1230. The summed E-state index contributed by atoms with van der Waals surface area (Å²) in [6.07, 6.45) is 4.46. The Balaban J connectivity index is 1.36. The Hall–Kier alpha value is -2.98. The minimum atomic E-state index is 0.171. The maximum Gasteiger partial charge on any atom is 0.167 e. The number of anilines is 1. The molecule has 150 valence electrons. The van der Waals surface area contributed by atoms with E-state index in [1.807, 2.05) is 36.5 Å². The highest BCUT2D eigenvalue weighted by atomic mass is 32.1. The molecular formula is C26H24N2OS. The molecule has 0 amide bonds. The number of benzene rings is 2. The predicted octanol–water partition coefficient (Wildman–Crippen LogP) is 5.85. The number of carbonyl (C=O) groups excluding carboxylic acids is 1. The van der Waals surface area contributed by atoms with Gasteiger partial charge in [0, 0.05) is 37.0 Å². The van der Waals surface area contributed by atoms with Gasteiger partial charge in [-0.15, -0.1) is 11.3 Å². The van der Waals surface area contributed by atoms with E-state index in [4.69, 9.17) is 0 Å². The number of thiophene rings is 1. The Kier molecular flexibility index (Phi) is 5.09. The third-order valence-electron chi connectivity index (χ3n) is 5.96. The van der Waals surface area contributed by atoms with Crippen molar-refractivity contribution in [3.63, 3.8) is 0 Å². The molecule has 0 fully saturated rings. The Morgan fingerprint density at radius 3 is 2.87 bits per heavy atom. The van der Waals surface area contributed by atoms with Gasteiger partial charge in [0.15, 0.2) is 5.78 Å². The van der Waals surface area contributed by atoms with Crippen molar-refractivity contribution in [1.29, 1.82) is 0 Å². The van der Waals surface area contributed by atoms with Crippen molar-refractivity contribution >= 4 is 33.0 Å². The van der Waals surface area contributed by atoms with E-state index in [1.54, 1.807) is 11.3 Å². The minimum absolute atomic E-state index is 0.171. The molecule has 1 aliphatic rings. The van der Waals surface area contributed by atoms with Gasteiger partial charge >= 0.3 is 0 Å². The van der Waals surface area contributed by atoms with Gasteiger partial charge in [0.25, 0.3) is 0 Å². The number of hydrogen-bond donors (Lipinski definition) is 0. The first-order valence-corrected chi connectivity index (χ1v) is 11.4. The second-order valence-corrected chi connectivity index (χ2v) is 8.81. The lowest BCUT2D eigenvalue weighted by Crippen LogP contribution is -2.30. The van der Waals surface area contributed by atoms with Gasteiger partial charge in [-0.1, -0.05) is 43.3 Å². The average Bonchev–Trinajstić information content (AvgIpc) is 3.28. The van der Waals surface area contributed by atoms with Crippen LogP contribution < -0.4 is 4.90 Å². The van der Waals surface area contributed by atoms with E-state index in [1.165, 1.54) is 21.4 Å². The molecule has 4 heteroatoms. The number of Topliss-reactive ketones (excluding diaryl/α,β-unsaturated/α-hetero) is 1. The van der Waals surface area contributed by atoms with Gasteiger partial charge in [-0.25, -0.2) is 0 Å². The number of rotatable bonds is 5. The zero-order chi connectivity index (χ0) is 20.5. The van der Waals surface area contributed by atoms with Crippen LogP contribution in [-0.4, -0.2) is 17.3 Å². The number of aryl methyl sites for hydroxylation is 1. The van der Waals surface area contributed by atoms with Gasteiger partial charge in [-0.3, -0.25) is 9.78 Å². The van der Waals surface area contributed by atoms with Crippen LogP contribution in [0.5, 0.6) is 0 Å². The fourth-order valence-corrected chi connectivity index (χ4v) is 5.24. The largest absolute Gasteiger partial charge is 0.367 e. The Morgan fingerprint density at radius 2 is 1.97 bits per heavy atom. The summed E-state index contributed by atoms with van der Waals surface area (Å²) in [7, 11) is 0. The molecule has 2 aromatic carbocycles. The highest BCUT2D eigenvalue weighted by molar-refractivity contribution is 7.17. The van der Waals surface area contributed by atoms with Crippen LogP contribution in [-0.2, 0) is 25.8 Å². The lowest BCUT2D eigenvalue weighted by atomic mass is 9.98. The van der Waals surface area contributed by atoms with Crippen LogP contribution in [0.2, 0.25) is 0 Å². The minimum Gasteiger partial charge on any atom is -0.367 e. The molecule has 3 heterocycles. The molecular weight excluding hydrogens is 388 g/mol. The van der Waals surface area contributed by atoms with Crippen LogP contribution in [0, 0.1) is 0 Å². The van der Waals surface area contributed by atoms with Crippen molar-refractivity contribution in [2.45, 2.75) is 32.7 Å². The van der Waals surface area contributed by atoms with Gasteiger partial charge in [-0.05, 0) is 58.7 Å². The van der Waals surface area contributed by atoms with Gasteiger partial charge in [0.05, 0.1) is 10.2 Å². The molecule has 0 aliphatic carbocycles. The van der Waals surface area contributed by atoms with Gasteiger partial charge < -0.3 is 4.90 Å². The van der Waals surface area contributed by atoms with Gasteiger partial charge in [0.1, 0.15) is 0 Å². The van der Waals surface area contributed by atoms with E-state index < -0.39 is 0 Å². The second-order valence-electron chi connectivity index (χ2n) is 7.89. The molecule has 4 aromatic rings. The lowest BCUT2D eigenvalue weighted by molar-refractivity contribution is 0.0993. The topological polar surface area (TPSA) is 33.2 Å². The van der Waals surface area contributed by atoms with Crippen LogP contribution in [0.4, 0.5) is 5.69 Å². The Labute approximate surface area is 181 Å². The number of aromatic nitrogens is 1. The van der Waals surface area contributed by atoms with E-state index in [2.05, 4.69) is 46.5 Å². The molecule has 3 nitrogen and oxygen atoms in total. The first-order valence-electron chi connectivity index (χ1n) is 10.5. The quantitative estimate of drug-likeness (QED) is 0.386. The van der Waals surface area contributed by atoms with Crippen molar-refractivity contribution in [2.24, 2.45) is 0 Å². The molecule has 30 heavy (non-hydrogen) atoms. The highest BCUT2D eigenvalue weighted by Gasteiger charge is 2.20. The molecule has 0 spiro atoms.